The van der Waals surface area contributed by atoms with Crippen molar-refractivity contribution in [3.8, 4) is 0 Å². The van der Waals surface area contributed by atoms with Crippen LogP contribution in [0, 0.1) is 0 Å². The number of hydrogen-bond acceptors (Lipinski definition) is 4. The van der Waals surface area contributed by atoms with Gasteiger partial charge in [0.25, 0.3) is 0 Å². The highest BCUT2D eigenvalue weighted by atomic mass is 16.3. The molecule has 2 unspecified atom stereocenters. The minimum atomic E-state index is 0.476. The Hall–Kier alpha value is -0.870. The first-order valence-electron chi connectivity index (χ1n) is 6.71. The third-order valence-corrected chi connectivity index (χ3v) is 4.01. The Kier molecular flexibility index (Phi) is 3.16. The van der Waals surface area contributed by atoms with Crippen molar-refractivity contribution >= 4 is 0 Å². The number of hydrogen-bond donors (Lipinski definition) is 1. The van der Waals surface area contributed by atoms with Crippen LogP contribution in [0.25, 0.3) is 0 Å². The minimum Gasteiger partial charge on any atom is -0.449 e. The molecule has 4 heteroatoms. The molecule has 2 aliphatic heterocycles. The standard InChI is InChI=1S/C13H21N3O/c1-16-7-3-5-12(16)11-9-17-13(15-11)8-10-4-2-6-14-10/h9-10,12,14H,2-8H2,1H3. The molecule has 0 aromatic carbocycles. The quantitative estimate of drug-likeness (QED) is 0.866. The normalized spacial score (nSPS) is 30.2. The molecule has 1 aromatic heterocycles. The molecule has 0 saturated carbocycles. The van der Waals surface area contributed by atoms with Crippen LogP contribution in [0.5, 0.6) is 0 Å². The topological polar surface area (TPSA) is 41.3 Å². The van der Waals surface area contributed by atoms with E-state index in [4.69, 9.17) is 4.42 Å². The van der Waals surface area contributed by atoms with Crippen molar-refractivity contribution in [2.24, 2.45) is 0 Å². The molecular weight excluding hydrogens is 214 g/mol. The smallest absolute Gasteiger partial charge is 0.195 e. The molecule has 4 nitrogen and oxygen atoms in total. The van der Waals surface area contributed by atoms with Crippen molar-refractivity contribution in [1.82, 2.24) is 15.2 Å². The summed E-state index contributed by atoms with van der Waals surface area (Å²) in [5.74, 6) is 0.903. The predicted octanol–water partition coefficient (Wildman–Crippen LogP) is 1.74. The van der Waals surface area contributed by atoms with Crippen molar-refractivity contribution in [2.75, 3.05) is 20.1 Å². The molecule has 94 valence electrons. The van der Waals surface area contributed by atoms with E-state index in [1.807, 2.05) is 6.26 Å². The van der Waals surface area contributed by atoms with Crippen LogP contribution in [0.1, 0.15) is 43.3 Å². The zero-order chi connectivity index (χ0) is 11.7. The minimum absolute atomic E-state index is 0.476. The van der Waals surface area contributed by atoms with Crippen LogP contribution >= 0.6 is 0 Å². The molecule has 0 bridgehead atoms. The summed E-state index contributed by atoms with van der Waals surface area (Å²) in [6.07, 6.45) is 7.82. The highest BCUT2D eigenvalue weighted by molar-refractivity contribution is 5.06. The highest BCUT2D eigenvalue weighted by Crippen LogP contribution is 2.29. The maximum atomic E-state index is 5.61. The first-order valence-corrected chi connectivity index (χ1v) is 6.71. The molecule has 1 N–H and O–H groups in total. The average Bonchev–Trinajstić information content (AvgIpc) is 3.00. The SMILES string of the molecule is CN1CCCC1c1coc(CC2CCCN2)n1. The van der Waals surface area contributed by atoms with Gasteiger partial charge in [0.05, 0.1) is 11.7 Å². The van der Waals surface area contributed by atoms with Crippen LogP contribution in [0.2, 0.25) is 0 Å². The molecule has 3 heterocycles. The number of aromatic nitrogens is 1. The lowest BCUT2D eigenvalue weighted by atomic mass is 10.1. The van der Waals surface area contributed by atoms with E-state index < -0.39 is 0 Å². The molecule has 2 aliphatic rings. The summed E-state index contributed by atoms with van der Waals surface area (Å²) in [4.78, 5) is 7.03. The summed E-state index contributed by atoms with van der Waals surface area (Å²) in [5, 5.41) is 3.48. The van der Waals surface area contributed by atoms with Crippen molar-refractivity contribution in [1.29, 1.82) is 0 Å². The van der Waals surface area contributed by atoms with Crippen molar-refractivity contribution in [3.05, 3.63) is 17.8 Å². The van der Waals surface area contributed by atoms with E-state index in [9.17, 15) is 0 Å². The van der Waals surface area contributed by atoms with E-state index in [1.165, 1.54) is 32.2 Å². The van der Waals surface area contributed by atoms with Gasteiger partial charge in [0.15, 0.2) is 5.89 Å². The Morgan fingerprint density at radius 2 is 2.41 bits per heavy atom. The lowest BCUT2D eigenvalue weighted by molar-refractivity contribution is 0.311. The first kappa shape index (κ1) is 11.2. The summed E-state index contributed by atoms with van der Waals surface area (Å²) in [7, 11) is 2.17. The van der Waals surface area contributed by atoms with Crippen molar-refractivity contribution < 1.29 is 4.42 Å². The van der Waals surface area contributed by atoms with Gasteiger partial charge in [-0.25, -0.2) is 4.98 Å². The van der Waals surface area contributed by atoms with Gasteiger partial charge in [0.1, 0.15) is 6.26 Å². The summed E-state index contributed by atoms with van der Waals surface area (Å²) in [6, 6.07) is 1.05. The van der Waals surface area contributed by atoms with E-state index in [2.05, 4.69) is 22.2 Å². The van der Waals surface area contributed by atoms with E-state index in [-0.39, 0.29) is 0 Å². The molecule has 3 rings (SSSR count). The Bertz CT molecular complexity index is 370. The maximum absolute atomic E-state index is 5.61. The lowest BCUT2D eigenvalue weighted by Crippen LogP contribution is -2.23. The molecule has 0 aliphatic carbocycles. The molecule has 0 spiro atoms. The Morgan fingerprint density at radius 3 is 3.12 bits per heavy atom. The van der Waals surface area contributed by atoms with Gasteiger partial charge in [-0.15, -0.1) is 0 Å². The molecular formula is C13H21N3O. The third-order valence-electron chi connectivity index (χ3n) is 4.01. The largest absolute Gasteiger partial charge is 0.449 e. The van der Waals surface area contributed by atoms with Crippen LogP contribution in [0.15, 0.2) is 10.7 Å². The summed E-state index contributed by atoms with van der Waals surface area (Å²) < 4.78 is 5.61. The number of oxazole rings is 1. The van der Waals surface area contributed by atoms with Gasteiger partial charge >= 0.3 is 0 Å². The van der Waals surface area contributed by atoms with Gasteiger partial charge in [0.2, 0.25) is 0 Å². The van der Waals surface area contributed by atoms with Gasteiger partial charge in [-0.2, -0.15) is 0 Å². The predicted molar refractivity (Wildman–Crippen MR) is 65.8 cm³/mol. The Labute approximate surface area is 102 Å². The van der Waals surface area contributed by atoms with E-state index in [0.29, 0.717) is 12.1 Å². The molecule has 1 aromatic rings. The molecule has 2 saturated heterocycles. The van der Waals surface area contributed by atoms with Crippen molar-refractivity contribution in [2.45, 2.75) is 44.2 Å². The van der Waals surface area contributed by atoms with Crippen molar-refractivity contribution in [3.63, 3.8) is 0 Å². The van der Waals surface area contributed by atoms with Crippen LogP contribution in [-0.2, 0) is 6.42 Å². The summed E-state index contributed by atoms with van der Waals surface area (Å²) in [6.45, 7) is 2.32. The second-order valence-corrected chi connectivity index (χ2v) is 5.30. The summed E-state index contributed by atoms with van der Waals surface area (Å²) >= 11 is 0. The van der Waals surface area contributed by atoms with Gasteiger partial charge in [-0.05, 0) is 45.8 Å². The van der Waals surface area contributed by atoms with Gasteiger partial charge in [-0.1, -0.05) is 0 Å². The zero-order valence-electron chi connectivity index (χ0n) is 10.5. The Morgan fingerprint density at radius 1 is 1.47 bits per heavy atom. The fourth-order valence-corrected chi connectivity index (χ4v) is 3.00. The monoisotopic (exact) mass is 235 g/mol. The van der Waals surface area contributed by atoms with Crippen LogP contribution in [0.3, 0.4) is 0 Å². The summed E-state index contributed by atoms with van der Waals surface area (Å²) in [5.41, 5.74) is 1.12. The second kappa shape index (κ2) is 4.78. The molecule has 2 atom stereocenters. The average molecular weight is 235 g/mol. The van der Waals surface area contributed by atoms with E-state index in [0.717, 1.165) is 24.6 Å². The highest BCUT2D eigenvalue weighted by Gasteiger charge is 2.26. The maximum Gasteiger partial charge on any atom is 0.195 e. The van der Waals surface area contributed by atoms with E-state index >= 15 is 0 Å². The second-order valence-electron chi connectivity index (χ2n) is 5.30. The Balaban J connectivity index is 1.65. The number of nitrogens with one attached hydrogen (secondary N) is 1. The van der Waals surface area contributed by atoms with Crippen LogP contribution < -0.4 is 5.32 Å². The van der Waals surface area contributed by atoms with E-state index in [1.54, 1.807) is 0 Å². The molecule has 17 heavy (non-hydrogen) atoms. The fraction of sp³-hybridized carbons (Fsp3) is 0.769. The zero-order valence-corrected chi connectivity index (χ0v) is 10.5. The van der Waals surface area contributed by atoms with Gasteiger partial charge in [-0.3, -0.25) is 4.90 Å². The fourth-order valence-electron chi connectivity index (χ4n) is 3.00. The molecule has 2 fully saturated rings. The van der Waals surface area contributed by atoms with Crippen LogP contribution in [0.4, 0.5) is 0 Å². The number of likely N-dealkylation sites (tertiary alicyclic amines) is 1. The molecule has 0 radical (unpaired) electrons. The molecule has 0 amide bonds. The van der Waals surface area contributed by atoms with Gasteiger partial charge < -0.3 is 9.73 Å². The number of rotatable bonds is 3. The number of nitrogens with zero attached hydrogens (tertiary/aromatic N) is 2. The van der Waals surface area contributed by atoms with Crippen LogP contribution in [-0.4, -0.2) is 36.1 Å². The lowest BCUT2D eigenvalue weighted by Gasteiger charge is -2.16. The first-order chi connectivity index (χ1) is 8.33. The van der Waals surface area contributed by atoms with Gasteiger partial charge in [0, 0.05) is 12.5 Å². The third kappa shape index (κ3) is 2.38.